The average Bonchev–Trinajstić information content (AvgIpc) is 2.72. The maximum atomic E-state index is 11.5. The van der Waals surface area contributed by atoms with Crippen molar-refractivity contribution in [3.05, 3.63) is 23.8 Å². The number of carbonyl (C=O) groups is 1. The topological polar surface area (TPSA) is 81.0 Å². The fraction of sp³-hybridized carbons (Fsp3) is 0.500. The van der Waals surface area contributed by atoms with Gasteiger partial charge in [-0.05, 0) is 39.3 Å². The second-order valence-electron chi connectivity index (χ2n) is 5.30. The average molecular weight is 265 g/mol. The number of nitrogens with zero attached hydrogens (tertiary/aromatic N) is 1. The largest absolute Gasteiger partial charge is 0.508 e. The normalized spacial score (nSPS) is 25.4. The number of aliphatic carboxylic acids is 1. The predicted molar refractivity (Wildman–Crippen MR) is 70.2 cm³/mol. The first-order chi connectivity index (χ1) is 8.86. The van der Waals surface area contributed by atoms with E-state index in [9.17, 15) is 20.1 Å². The number of carboxylic acid groups (broad SMARTS) is 1. The van der Waals surface area contributed by atoms with E-state index in [1.54, 1.807) is 13.0 Å². The van der Waals surface area contributed by atoms with Crippen molar-refractivity contribution in [3.8, 4) is 11.5 Å². The number of carboxylic acids is 1. The molecule has 0 amide bonds. The smallest absolute Gasteiger partial charge is 0.323 e. The van der Waals surface area contributed by atoms with Crippen LogP contribution in [-0.4, -0.2) is 38.3 Å². The lowest BCUT2D eigenvalue weighted by Crippen LogP contribution is -2.48. The van der Waals surface area contributed by atoms with Crippen molar-refractivity contribution >= 4 is 5.97 Å². The Morgan fingerprint density at radius 1 is 1.42 bits per heavy atom. The number of hydrogen-bond acceptors (Lipinski definition) is 4. The number of hydrogen-bond donors (Lipinski definition) is 3. The van der Waals surface area contributed by atoms with Crippen molar-refractivity contribution in [1.82, 2.24) is 4.90 Å². The summed E-state index contributed by atoms with van der Waals surface area (Å²) in [6.07, 6.45) is 1.43. The van der Waals surface area contributed by atoms with Gasteiger partial charge in [-0.2, -0.15) is 0 Å². The Bertz CT molecular complexity index is 502. The molecule has 1 saturated heterocycles. The highest BCUT2D eigenvalue weighted by molar-refractivity contribution is 5.78. The molecule has 1 aromatic carbocycles. The summed E-state index contributed by atoms with van der Waals surface area (Å²) >= 11 is 0. The zero-order chi connectivity index (χ0) is 14.2. The molecule has 104 valence electrons. The van der Waals surface area contributed by atoms with Gasteiger partial charge in [-0.15, -0.1) is 0 Å². The Balaban J connectivity index is 2.33. The third-order valence-electron chi connectivity index (χ3n) is 4.09. The Kier molecular flexibility index (Phi) is 3.41. The van der Waals surface area contributed by atoms with Gasteiger partial charge in [0, 0.05) is 17.7 Å². The maximum absolute atomic E-state index is 11.5. The summed E-state index contributed by atoms with van der Waals surface area (Å²) in [5.41, 5.74) is -0.267. The number of phenolic OH excluding ortho intramolecular Hbond substituents is 2. The van der Waals surface area contributed by atoms with E-state index in [0.717, 1.165) is 6.42 Å². The molecular weight excluding hydrogens is 246 g/mol. The van der Waals surface area contributed by atoms with Gasteiger partial charge < -0.3 is 15.3 Å². The minimum atomic E-state index is -0.899. The molecule has 0 radical (unpaired) electrons. The first-order valence-electron chi connectivity index (χ1n) is 6.38. The Hall–Kier alpha value is -1.75. The maximum Gasteiger partial charge on any atom is 0.323 e. The van der Waals surface area contributed by atoms with E-state index in [-0.39, 0.29) is 17.5 Å². The Morgan fingerprint density at radius 2 is 2.11 bits per heavy atom. The van der Waals surface area contributed by atoms with Crippen LogP contribution in [0.25, 0.3) is 0 Å². The van der Waals surface area contributed by atoms with Crippen molar-refractivity contribution in [2.75, 3.05) is 6.54 Å². The van der Waals surface area contributed by atoms with Gasteiger partial charge >= 0.3 is 5.97 Å². The van der Waals surface area contributed by atoms with Crippen LogP contribution in [0.5, 0.6) is 11.5 Å². The Morgan fingerprint density at radius 3 is 2.68 bits per heavy atom. The highest BCUT2D eigenvalue weighted by Crippen LogP contribution is 2.39. The van der Waals surface area contributed by atoms with Crippen molar-refractivity contribution in [1.29, 1.82) is 0 Å². The zero-order valence-corrected chi connectivity index (χ0v) is 11.1. The first-order valence-corrected chi connectivity index (χ1v) is 6.38. The third-order valence-corrected chi connectivity index (χ3v) is 4.09. The van der Waals surface area contributed by atoms with Crippen molar-refractivity contribution in [3.63, 3.8) is 0 Å². The lowest BCUT2D eigenvalue weighted by atomic mass is 9.95. The number of aromatic hydroxyl groups is 2. The van der Waals surface area contributed by atoms with Gasteiger partial charge in [-0.25, -0.2) is 0 Å². The van der Waals surface area contributed by atoms with E-state index in [1.165, 1.54) is 12.1 Å². The molecule has 0 aromatic heterocycles. The summed E-state index contributed by atoms with van der Waals surface area (Å²) in [5.74, 6) is -0.849. The van der Waals surface area contributed by atoms with Crippen LogP contribution >= 0.6 is 0 Å². The summed E-state index contributed by atoms with van der Waals surface area (Å²) in [6, 6.07) is 4.19. The predicted octanol–water partition coefficient (Wildman–Crippen LogP) is 2.10. The molecule has 2 unspecified atom stereocenters. The quantitative estimate of drug-likeness (QED) is 0.779. The fourth-order valence-electron chi connectivity index (χ4n) is 2.89. The monoisotopic (exact) mass is 265 g/mol. The second-order valence-corrected chi connectivity index (χ2v) is 5.30. The molecule has 0 spiro atoms. The molecule has 1 aromatic rings. The van der Waals surface area contributed by atoms with Crippen LogP contribution < -0.4 is 0 Å². The number of phenols is 2. The highest BCUT2D eigenvalue weighted by Gasteiger charge is 2.45. The van der Waals surface area contributed by atoms with Crippen molar-refractivity contribution < 1.29 is 20.1 Å². The van der Waals surface area contributed by atoms with Crippen LogP contribution in [0.2, 0.25) is 0 Å². The molecule has 2 atom stereocenters. The van der Waals surface area contributed by atoms with E-state index >= 15 is 0 Å². The minimum Gasteiger partial charge on any atom is -0.508 e. The van der Waals surface area contributed by atoms with E-state index in [0.29, 0.717) is 18.5 Å². The highest BCUT2D eigenvalue weighted by atomic mass is 16.4. The summed E-state index contributed by atoms with van der Waals surface area (Å²) < 4.78 is 0. The molecule has 0 saturated carbocycles. The van der Waals surface area contributed by atoms with Gasteiger partial charge in [-0.1, -0.05) is 6.07 Å². The van der Waals surface area contributed by atoms with E-state index < -0.39 is 11.5 Å². The molecule has 1 aliphatic rings. The SMILES string of the molecule is CC(c1ccc(O)cc1O)N1CCCC1(C)C(=O)O. The van der Waals surface area contributed by atoms with Crippen LogP contribution in [0.1, 0.15) is 38.3 Å². The molecule has 5 heteroatoms. The van der Waals surface area contributed by atoms with Gasteiger partial charge in [-0.3, -0.25) is 9.69 Å². The lowest BCUT2D eigenvalue weighted by Gasteiger charge is -2.36. The van der Waals surface area contributed by atoms with Crippen molar-refractivity contribution in [2.45, 2.75) is 38.3 Å². The second kappa shape index (κ2) is 4.74. The number of likely N-dealkylation sites (tertiary alicyclic amines) is 1. The zero-order valence-electron chi connectivity index (χ0n) is 11.1. The minimum absolute atomic E-state index is 0.00383. The van der Waals surface area contributed by atoms with Gasteiger partial charge in [0.2, 0.25) is 0 Å². The molecule has 0 bridgehead atoms. The van der Waals surface area contributed by atoms with Crippen LogP contribution in [0.15, 0.2) is 18.2 Å². The molecular formula is C14H19NO4. The van der Waals surface area contributed by atoms with Crippen molar-refractivity contribution in [2.24, 2.45) is 0 Å². The van der Waals surface area contributed by atoms with E-state index in [1.807, 2.05) is 11.8 Å². The van der Waals surface area contributed by atoms with Gasteiger partial charge in [0.15, 0.2) is 0 Å². The Labute approximate surface area is 112 Å². The molecule has 1 heterocycles. The summed E-state index contributed by atoms with van der Waals surface area (Å²) in [5, 5.41) is 28.6. The third kappa shape index (κ3) is 2.26. The lowest BCUT2D eigenvalue weighted by molar-refractivity contribution is -0.149. The molecule has 2 rings (SSSR count). The molecule has 5 nitrogen and oxygen atoms in total. The molecule has 19 heavy (non-hydrogen) atoms. The van der Waals surface area contributed by atoms with Gasteiger partial charge in [0.05, 0.1) is 0 Å². The van der Waals surface area contributed by atoms with Gasteiger partial charge in [0.1, 0.15) is 17.0 Å². The van der Waals surface area contributed by atoms with Crippen LogP contribution in [0, 0.1) is 0 Å². The first kappa shape index (κ1) is 13.7. The van der Waals surface area contributed by atoms with E-state index in [2.05, 4.69) is 0 Å². The van der Waals surface area contributed by atoms with Crippen LogP contribution in [0.3, 0.4) is 0 Å². The van der Waals surface area contributed by atoms with Gasteiger partial charge in [0.25, 0.3) is 0 Å². The number of rotatable bonds is 3. The number of benzene rings is 1. The summed E-state index contributed by atoms with van der Waals surface area (Å²) in [4.78, 5) is 13.4. The standard InChI is InChI=1S/C14H19NO4/c1-9(11-5-4-10(16)8-12(11)17)15-7-3-6-14(15,2)13(18)19/h4-5,8-9,16-17H,3,6-7H2,1-2H3,(H,18,19). The molecule has 0 aliphatic carbocycles. The summed E-state index contributed by atoms with van der Waals surface area (Å²) in [6.45, 7) is 4.28. The molecule has 1 aliphatic heterocycles. The van der Waals surface area contributed by atoms with Crippen LogP contribution in [0.4, 0.5) is 0 Å². The molecule has 1 fully saturated rings. The van der Waals surface area contributed by atoms with E-state index in [4.69, 9.17) is 0 Å². The van der Waals surface area contributed by atoms with Crippen LogP contribution in [-0.2, 0) is 4.79 Å². The fourth-order valence-corrected chi connectivity index (χ4v) is 2.89. The summed E-state index contributed by atoms with van der Waals surface area (Å²) in [7, 11) is 0. The molecule has 3 N–H and O–H groups in total.